The van der Waals surface area contributed by atoms with Crippen LogP contribution in [0.4, 0.5) is 0 Å². The Bertz CT molecular complexity index is 582. The summed E-state index contributed by atoms with van der Waals surface area (Å²) in [5, 5.41) is 9.06. The van der Waals surface area contributed by atoms with Crippen LogP contribution >= 0.6 is 0 Å². The van der Waals surface area contributed by atoms with Crippen molar-refractivity contribution in [3.05, 3.63) is 0 Å². The van der Waals surface area contributed by atoms with Crippen molar-refractivity contribution >= 4 is 19.9 Å². The third kappa shape index (κ3) is 4.70. The van der Waals surface area contributed by atoms with Crippen molar-refractivity contribution in [2.45, 2.75) is 19.4 Å². The van der Waals surface area contributed by atoms with Crippen LogP contribution in [0.5, 0.6) is 0 Å². The molecular weight excluding hydrogens is 302 g/mol. The highest BCUT2D eigenvalue weighted by atomic mass is 32.2. The Morgan fingerprint density at radius 1 is 1.05 bits per heavy atom. The fraction of sp³-hybridized carbons (Fsp3) is 0.909. The van der Waals surface area contributed by atoms with E-state index in [-0.39, 0.29) is 24.6 Å². The van der Waals surface area contributed by atoms with Gasteiger partial charge >= 0.3 is 0 Å². The molecule has 1 saturated heterocycles. The molecule has 0 amide bonds. The average Bonchev–Trinajstić information content (AvgIpc) is 2.36. The SMILES string of the molecule is CC(C)(C#N)N1CCN(S(=O)(=O)CCS(C)(=O)=O)CC1. The van der Waals surface area contributed by atoms with Gasteiger partial charge in [-0.3, -0.25) is 4.90 Å². The maximum absolute atomic E-state index is 12.0. The number of rotatable bonds is 5. The van der Waals surface area contributed by atoms with E-state index < -0.39 is 25.4 Å². The number of sulfone groups is 1. The highest BCUT2D eigenvalue weighted by molar-refractivity contribution is 7.93. The molecule has 0 aromatic rings. The maximum atomic E-state index is 12.0. The van der Waals surface area contributed by atoms with Gasteiger partial charge in [0.1, 0.15) is 15.4 Å². The van der Waals surface area contributed by atoms with E-state index in [4.69, 9.17) is 5.26 Å². The van der Waals surface area contributed by atoms with Gasteiger partial charge in [-0.05, 0) is 13.8 Å². The summed E-state index contributed by atoms with van der Waals surface area (Å²) in [6.07, 6.45) is 1.02. The molecule has 0 bridgehead atoms. The highest BCUT2D eigenvalue weighted by Gasteiger charge is 2.33. The van der Waals surface area contributed by atoms with E-state index >= 15 is 0 Å². The van der Waals surface area contributed by atoms with Crippen LogP contribution in [0.1, 0.15) is 13.8 Å². The average molecular weight is 323 g/mol. The van der Waals surface area contributed by atoms with Crippen LogP contribution in [0, 0.1) is 11.3 Å². The topological polar surface area (TPSA) is 98.5 Å². The smallest absolute Gasteiger partial charge is 0.215 e. The van der Waals surface area contributed by atoms with E-state index in [9.17, 15) is 16.8 Å². The quantitative estimate of drug-likeness (QED) is 0.662. The molecule has 0 aromatic carbocycles. The van der Waals surface area contributed by atoms with E-state index in [1.165, 1.54) is 4.31 Å². The fourth-order valence-electron chi connectivity index (χ4n) is 1.98. The fourth-order valence-corrected chi connectivity index (χ4v) is 5.01. The summed E-state index contributed by atoms with van der Waals surface area (Å²) in [4.78, 5) is 1.93. The second-order valence-electron chi connectivity index (χ2n) is 5.50. The monoisotopic (exact) mass is 323 g/mol. The van der Waals surface area contributed by atoms with Gasteiger partial charge in [0.15, 0.2) is 0 Å². The highest BCUT2D eigenvalue weighted by Crippen LogP contribution is 2.17. The second kappa shape index (κ2) is 5.97. The van der Waals surface area contributed by atoms with Gasteiger partial charge in [0.05, 0.1) is 17.6 Å². The standard InChI is InChI=1S/C11H21N3O4S2/c1-11(2,10-12)13-4-6-14(7-5-13)20(17,18)9-8-19(3,15)16/h4-9H2,1-3H3. The molecule has 0 N–H and O–H groups in total. The van der Waals surface area contributed by atoms with E-state index in [0.29, 0.717) is 13.1 Å². The molecule has 116 valence electrons. The lowest BCUT2D eigenvalue weighted by atomic mass is 10.0. The first-order valence-electron chi connectivity index (χ1n) is 6.30. The summed E-state index contributed by atoms with van der Waals surface area (Å²) in [6, 6.07) is 2.19. The zero-order chi connectivity index (χ0) is 15.6. The van der Waals surface area contributed by atoms with Crippen molar-refractivity contribution in [1.82, 2.24) is 9.21 Å². The molecule has 1 fully saturated rings. The molecule has 0 atom stereocenters. The normalized spacial score (nSPS) is 19.7. The Hall–Kier alpha value is -0.690. The molecule has 0 unspecified atom stereocenters. The van der Waals surface area contributed by atoms with Crippen LogP contribution in [0.15, 0.2) is 0 Å². The Labute approximate surface area is 121 Å². The van der Waals surface area contributed by atoms with Gasteiger partial charge in [-0.2, -0.15) is 9.57 Å². The number of piperazine rings is 1. The maximum Gasteiger partial charge on any atom is 0.215 e. The van der Waals surface area contributed by atoms with Gasteiger partial charge in [-0.1, -0.05) is 0 Å². The zero-order valence-electron chi connectivity index (χ0n) is 12.0. The predicted molar refractivity (Wildman–Crippen MR) is 76.3 cm³/mol. The van der Waals surface area contributed by atoms with Gasteiger partial charge in [0.25, 0.3) is 0 Å². The predicted octanol–water partition coefficient (Wildman–Crippen LogP) is -0.719. The van der Waals surface area contributed by atoms with Crippen molar-refractivity contribution in [1.29, 1.82) is 5.26 Å². The summed E-state index contributed by atoms with van der Waals surface area (Å²) in [6.45, 7) is 5.10. The molecule has 9 heteroatoms. The van der Waals surface area contributed by atoms with Crippen LogP contribution in [-0.2, 0) is 19.9 Å². The van der Waals surface area contributed by atoms with Gasteiger partial charge < -0.3 is 0 Å². The summed E-state index contributed by atoms with van der Waals surface area (Å²) >= 11 is 0. The van der Waals surface area contributed by atoms with Crippen molar-refractivity contribution in [3.63, 3.8) is 0 Å². The van der Waals surface area contributed by atoms with Crippen molar-refractivity contribution < 1.29 is 16.8 Å². The largest absolute Gasteiger partial charge is 0.283 e. The van der Waals surface area contributed by atoms with Crippen LogP contribution in [-0.4, -0.2) is 75.5 Å². The van der Waals surface area contributed by atoms with Gasteiger partial charge in [-0.15, -0.1) is 0 Å². The molecular formula is C11H21N3O4S2. The number of nitrogens with zero attached hydrogens (tertiary/aromatic N) is 3. The van der Waals surface area contributed by atoms with Crippen LogP contribution < -0.4 is 0 Å². The number of hydrogen-bond donors (Lipinski definition) is 0. The van der Waals surface area contributed by atoms with Crippen molar-refractivity contribution in [3.8, 4) is 6.07 Å². The van der Waals surface area contributed by atoms with E-state index in [2.05, 4.69) is 6.07 Å². The Kier molecular flexibility index (Phi) is 5.18. The van der Waals surface area contributed by atoms with E-state index in [1.807, 2.05) is 4.90 Å². The van der Waals surface area contributed by atoms with E-state index in [1.54, 1.807) is 13.8 Å². The Balaban J connectivity index is 2.64. The molecule has 1 aliphatic heterocycles. The molecule has 1 aliphatic rings. The lowest BCUT2D eigenvalue weighted by molar-refractivity contribution is 0.115. The molecule has 1 heterocycles. The summed E-state index contributed by atoms with van der Waals surface area (Å²) in [7, 11) is -6.84. The first-order valence-corrected chi connectivity index (χ1v) is 9.97. The lowest BCUT2D eigenvalue weighted by Gasteiger charge is -2.39. The number of hydrogen-bond acceptors (Lipinski definition) is 6. The third-order valence-corrected chi connectivity index (χ3v) is 6.48. The van der Waals surface area contributed by atoms with Crippen LogP contribution in [0.3, 0.4) is 0 Å². The minimum absolute atomic E-state index is 0.289. The molecule has 20 heavy (non-hydrogen) atoms. The molecule has 1 rings (SSSR count). The molecule has 0 aliphatic carbocycles. The van der Waals surface area contributed by atoms with Crippen LogP contribution in [0.25, 0.3) is 0 Å². The Morgan fingerprint density at radius 3 is 1.95 bits per heavy atom. The third-order valence-electron chi connectivity index (χ3n) is 3.41. The summed E-state index contributed by atoms with van der Waals surface area (Å²) in [5.41, 5.74) is -0.622. The molecule has 0 radical (unpaired) electrons. The molecule has 0 aromatic heterocycles. The summed E-state index contributed by atoms with van der Waals surface area (Å²) in [5.74, 6) is -0.743. The summed E-state index contributed by atoms with van der Waals surface area (Å²) < 4.78 is 47.5. The van der Waals surface area contributed by atoms with E-state index in [0.717, 1.165) is 6.26 Å². The first-order chi connectivity index (χ1) is 8.98. The Morgan fingerprint density at radius 2 is 1.55 bits per heavy atom. The zero-order valence-corrected chi connectivity index (χ0v) is 13.7. The van der Waals surface area contributed by atoms with Gasteiger partial charge in [-0.25, -0.2) is 16.8 Å². The van der Waals surface area contributed by atoms with Gasteiger partial charge in [0.2, 0.25) is 10.0 Å². The first kappa shape index (κ1) is 17.4. The number of sulfonamides is 1. The van der Waals surface area contributed by atoms with Crippen molar-refractivity contribution in [2.24, 2.45) is 0 Å². The number of nitriles is 1. The minimum Gasteiger partial charge on any atom is -0.283 e. The molecule has 7 nitrogen and oxygen atoms in total. The minimum atomic E-state index is -3.55. The van der Waals surface area contributed by atoms with Gasteiger partial charge in [0, 0.05) is 32.4 Å². The van der Waals surface area contributed by atoms with Crippen LogP contribution in [0.2, 0.25) is 0 Å². The molecule has 0 spiro atoms. The molecule has 0 saturated carbocycles. The van der Waals surface area contributed by atoms with Crippen molar-refractivity contribution in [2.75, 3.05) is 43.9 Å². The second-order valence-corrected chi connectivity index (χ2v) is 9.85. The lowest BCUT2D eigenvalue weighted by Crippen LogP contribution is -2.55.